The standard InChI is InChI=1S/C12H19N3O3S/c1-7(9(16)15-12(2,3)4)14-11-13-6-8(19-11)10(17)18-5/h6-7H,1-5H3,(H,13,14)(H,15,16). The number of thiazole rings is 1. The van der Waals surface area contributed by atoms with Crippen LogP contribution in [0.5, 0.6) is 0 Å². The number of anilines is 1. The Labute approximate surface area is 116 Å². The highest BCUT2D eigenvalue weighted by molar-refractivity contribution is 7.17. The van der Waals surface area contributed by atoms with Crippen molar-refractivity contribution in [1.82, 2.24) is 10.3 Å². The first-order valence-corrected chi connectivity index (χ1v) is 6.67. The van der Waals surface area contributed by atoms with Gasteiger partial charge < -0.3 is 15.4 Å². The van der Waals surface area contributed by atoms with E-state index in [1.54, 1.807) is 6.92 Å². The molecule has 2 N–H and O–H groups in total. The molecule has 1 amide bonds. The molecule has 0 aliphatic heterocycles. The number of ether oxygens (including phenoxy) is 1. The minimum Gasteiger partial charge on any atom is -0.465 e. The van der Waals surface area contributed by atoms with E-state index < -0.39 is 12.0 Å². The molecule has 1 atom stereocenters. The molecule has 1 heterocycles. The molecule has 0 saturated carbocycles. The average Bonchev–Trinajstić information content (AvgIpc) is 2.74. The summed E-state index contributed by atoms with van der Waals surface area (Å²) in [5, 5.41) is 6.33. The lowest BCUT2D eigenvalue weighted by atomic mass is 10.1. The quantitative estimate of drug-likeness (QED) is 0.822. The second kappa shape index (κ2) is 6.01. The predicted molar refractivity (Wildman–Crippen MR) is 74.4 cm³/mol. The van der Waals surface area contributed by atoms with Crippen molar-refractivity contribution < 1.29 is 14.3 Å². The van der Waals surface area contributed by atoms with Crippen LogP contribution in [0, 0.1) is 0 Å². The van der Waals surface area contributed by atoms with Crippen molar-refractivity contribution in [2.45, 2.75) is 39.3 Å². The van der Waals surface area contributed by atoms with Crippen molar-refractivity contribution in [1.29, 1.82) is 0 Å². The number of hydrogen-bond acceptors (Lipinski definition) is 6. The fraction of sp³-hybridized carbons (Fsp3) is 0.583. The van der Waals surface area contributed by atoms with Crippen LogP contribution in [0.1, 0.15) is 37.4 Å². The average molecular weight is 285 g/mol. The molecule has 0 saturated heterocycles. The van der Waals surface area contributed by atoms with Gasteiger partial charge in [-0.1, -0.05) is 11.3 Å². The third kappa shape index (κ3) is 4.86. The number of rotatable bonds is 4. The number of amides is 1. The van der Waals surface area contributed by atoms with Crippen LogP contribution < -0.4 is 10.6 Å². The Morgan fingerprint density at radius 3 is 2.58 bits per heavy atom. The summed E-state index contributed by atoms with van der Waals surface area (Å²) in [6.07, 6.45) is 1.42. The molecule has 0 aliphatic carbocycles. The maximum absolute atomic E-state index is 11.9. The molecule has 0 spiro atoms. The summed E-state index contributed by atoms with van der Waals surface area (Å²) in [4.78, 5) is 27.6. The van der Waals surface area contributed by atoms with Crippen LogP contribution in [-0.2, 0) is 9.53 Å². The third-order valence-corrected chi connectivity index (χ3v) is 3.03. The molecular weight excluding hydrogens is 266 g/mol. The van der Waals surface area contributed by atoms with Crippen LogP contribution in [0.4, 0.5) is 5.13 Å². The summed E-state index contributed by atoms with van der Waals surface area (Å²) < 4.78 is 4.59. The number of methoxy groups -OCH3 is 1. The maximum Gasteiger partial charge on any atom is 0.349 e. The first-order valence-electron chi connectivity index (χ1n) is 5.85. The van der Waals surface area contributed by atoms with E-state index in [9.17, 15) is 9.59 Å². The van der Waals surface area contributed by atoms with Crippen LogP contribution in [0.3, 0.4) is 0 Å². The number of carbonyl (C=O) groups is 2. The molecule has 0 bridgehead atoms. The van der Waals surface area contributed by atoms with Crippen molar-refractivity contribution in [3.63, 3.8) is 0 Å². The van der Waals surface area contributed by atoms with E-state index in [2.05, 4.69) is 20.4 Å². The number of carbonyl (C=O) groups excluding carboxylic acids is 2. The molecule has 1 aromatic heterocycles. The summed E-state index contributed by atoms with van der Waals surface area (Å²) in [5.74, 6) is -0.556. The molecule has 1 rings (SSSR count). The van der Waals surface area contributed by atoms with Gasteiger partial charge in [-0.05, 0) is 27.7 Å². The summed E-state index contributed by atoms with van der Waals surface area (Å²) in [6.45, 7) is 7.48. The van der Waals surface area contributed by atoms with Gasteiger partial charge in [0.25, 0.3) is 0 Å². The Balaban J connectivity index is 2.62. The van der Waals surface area contributed by atoms with Crippen LogP contribution in [0.25, 0.3) is 0 Å². The Morgan fingerprint density at radius 2 is 2.05 bits per heavy atom. The highest BCUT2D eigenvalue weighted by Crippen LogP contribution is 2.19. The molecular formula is C12H19N3O3S. The molecule has 7 heteroatoms. The van der Waals surface area contributed by atoms with Gasteiger partial charge in [0, 0.05) is 5.54 Å². The molecule has 0 aliphatic rings. The minimum absolute atomic E-state index is 0.123. The Hall–Kier alpha value is -1.63. The van der Waals surface area contributed by atoms with Crippen molar-refractivity contribution in [3.8, 4) is 0 Å². The molecule has 106 valence electrons. The van der Waals surface area contributed by atoms with Gasteiger partial charge in [-0.2, -0.15) is 0 Å². The second-order valence-corrected chi connectivity index (χ2v) is 6.16. The fourth-order valence-electron chi connectivity index (χ4n) is 1.26. The highest BCUT2D eigenvalue weighted by Gasteiger charge is 2.20. The molecule has 6 nitrogen and oxygen atoms in total. The number of aromatic nitrogens is 1. The zero-order valence-electron chi connectivity index (χ0n) is 11.7. The lowest BCUT2D eigenvalue weighted by Gasteiger charge is -2.23. The Bertz CT molecular complexity index is 465. The zero-order valence-corrected chi connectivity index (χ0v) is 12.6. The number of esters is 1. The van der Waals surface area contributed by atoms with E-state index in [1.807, 2.05) is 20.8 Å². The lowest BCUT2D eigenvalue weighted by molar-refractivity contribution is -0.122. The first kappa shape index (κ1) is 15.4. The molecule has 1 aromatic rings. The smallest absolute Gasteiger partial charge is 0.349 e. The first-order chi connectivity index (χ1) is 8.73. The van der Waals surface area contributed by atoms with Gasteiger partial charge in [0.05, 0.1) is 13.3 Å². The maximum atomic E-state index is 11.9. The van der Waals surface area contributed by atoms with E-state index in [0.29, 0.717) is 10.0 Å². The lowest BCUT2D eigenvalue weighted by Crippen LogP contribution is -2.47. The zero-order chi connectivity index (χ0) is 14.6. The third-order valence-electron chi connectivity index (χ3n) is 2.12. The van der Waals surface area contributed by atoms with Gasteiger partial charge >= 0.3 is 5.97 Å². The van der Waals surface area contributed by atoms with Crippen LogP contribution in [0.2, 0.25) is 0 Å². The molecule has 0 fully saturated rings. The van der Waals surface area contributed by atoms with Crippen LogP contribution >= 0.6 is 11.3 Å². The SMILES string of the molecule is COC(=O)c1cnc(NC(C)C(=O)NC(C)(C)C)s1. The van der Waals surface area contributed by atoms with Gasteiger partial charge in [-0.15, -0.1) is 0 Å². The van der Waals surface area contributed by atoms with Gasteiger partial charge in [0.15, 0.2) is 5.13 Å². The van der Waals surface area contributed by atoms with E-state index in [4.69, 9.17) is 0 Å². The Morgan fingerprint density at radius 1 is 1.42 bits per heavy atom. The van der Waals surface area contributed by atoms with Crippen molar-refractivity contribution >= 4 is 28.3 Å². The van der Waals surface area contributed by atoms with Crippen molar-refractivity contribution in [2.75, 3.05) is 12.4 Å². The minimum atomic E-state index is -0.434. The summed E-state index contributed by atoms with van der Waals surface area (Å²) in [5.41, 5.74) is -0.285. The van der Waals surface area contributed by atoms with Crippen molar-refractivity contribution in [2.24, 2.45) is 0 Å². The highest BCUT2D eigenvalue weighted by atomic mass is 32.1. The second-order valence-electron chi connectivity index (χ2n) is 5.13. The number of hydrogen-bond donors (Lipinski definition) is 2. The van der Waals surface area contributed by atoms with Gasteiger partial charge in [0.1, 0.15) is 10.9 Å². The Kier molecular flexibility index (Phi) is 4.88. The van der Waals surface area contributed by atoms with Gasteiger partial charge in [-0.3, -0.25) is 4.79 Å². The van der Waals surface area contributed by atoms with Gasteiger partial charge in [-0.25, -0.2) is 9.78 Å². The number of nitrogens with zero attached hydrogens (tertiary/aromatic N) is 1. The predicted octanol–water partition coefficient (Wildman–Crippen LogP) is 1.64. The van der Waals surface area contributed by atoms with E-state index >= 15 is 0 Å². The van der Waals surface area contributed by atoms with Crippen LogP contribution in [0.15, 0.2) is 6.20 Å². The molecule has 1 unspecified atom stereocenters. The van der Waals surface area contributed by atoms with Crippen LogP contribution in [-0.4, -0.2) is 35.6 Å². The van der Waals surface area contributed by atoms with E-state index in [0.717, 1.165) is 11.3 Å². The van der Waals surface area contributed by atoms with E-state index in [1.165, 1.54) is 13.3 Å². The summed E-state index contributed by atoms with van der Waals surface area (Å²) in [7, 11) is 1.31. The van der Waals surface area contributed by atoms with Gasteiger partial charge in [0.2, 0.25) is 5.91 Å². The molecule has 19 heavy (non-hydrogen) atoms. The summed E-state index contributed by atoms with van der Waals surface area (Å²) >= 11 is 1.15. The van der Waals surface area contributed by atoms with Crippen molar-refractivity contribution in [3.05, 3.63) is 11.1 Å². The largest absolute Gasteiger partial charge is 0.465 e. The fourth-order valence-corrected chi connectivity index (χ4v) is 2.09. The van der Waals surface area contributed by atoms with E-state index in [-0.39, 0.29) is 11.4 Å². The summed E-state index contributed by atoms with van der Waals surface area (Å²) in [6, 6.07) is -0.434. The molecule has 0 radical (unpaired) electrons. The number of nitrogens with one attached hydrogen (secondary N) is 2. The topological polar surface area (TPSA) is 80.3 Å². The molecule has 0 aromatic carbocycles. The normalized spacial score (nSPS) is 12.7. The monoisotopic (exact) mass is 285 g/mol.